The van der Waals surface area contributed by atoms with Crippen molar-refractivity contribution in [2.75, 3.05) is 0 Å². The van der Waals surface area contributed by atoms with E-state index in [0.29, 0.717) is 6.54 Å². The topological polar surface area (TPSA) is 69.6 Å². The van der Waals surface area contributed by atoms with Crippen molar-refractivity contribution in [2.24, 2.45) is 0 Å². The average molecular weight is 285 g/mol. The molecule has 0 radical (unpaired) electrons. The monoisotopic (exact) mass is 285 g/mol. The van der Waals surface area contributed by atoms with Crippen molar-refractivity contribution >= 4 is 5.97 Å². The van der Waals surface area contributed by atoms with Crippen molar-refractivity contribution in [3.05, 3.63) is 64.7 Å². The van der Waals surface area contributed by atoms with E-state index >= 15 is 0 Å². The van der Waals surface area contributed by atoms with E-state index in [9.17, 15) is 15.0 Å². The summed E-state index contributed by atoms with van der Waals surface area (Å²) in [5.74, 6) is -0.620. The van der Waals surface area contributed by atoms with E-state index in [-0.39, 0.29) is 5.75 Å². The summed E-state index contributed by atoms with van der Waals surface area (Å²) < 4.78 is 0. The Labute approximate surface area is 124 Å². The van der Waals surface area contributed by atoms with Crippen LogP contribution in [0.2, 0.25) is 0 Å². The molecule has 4 heteroatoms. The molecule has 0 amide bonds. The number of nitrogens with one attached hydrogen (secondary N) is 1. The fraction of sp³-hybridized carbons (Fsp3) is 0.235. The summed E-state index contributed by atoms with van der Waals surface area (Å²) >= 11 is 0. The van der Waals surface area contributed by atoms with E-state index in [1.54, 1.807) is 12.1 Å². The predicted molar refractivity (Wildman–Crippen MR) is 81.2 cm³/mol. The van der Waals surface area contributed by atoms with Gasteiger partial charge in [0.2, 0.25) is 0 Å². The van der Waals surface area contributed by atoms with Gasteiger partial charge < -0.3 is 10.2 Å². The molecule has 4 nitrogen and oxygen atoms in total. The second-order valence-corrected chi connectivity index (χ2v) is 5.14. The predicted octanol–water partition coefficient (Wildman–Crippen LogP) is 2.92. The summed E-state index contributed by atoms with van der Waals surface area (Å²) in [6, 6.07) is 12.1. The highest BCUT2D eigenvalue weighted by Gasteiger charge is 2.18. The maximum absolute atomic E-state index is 11.4. The van der Waals surface area contributed by atoms with E-state index in [1.807, 2.05) is 44.2 Å². The number of hydrogen-bond donors (Lipinski definition) is 3. The number of rotatable bonds is 5. The molecule has 2 rings (SSSR count). The molecule has 0 fully saturated rings. The Balaban J connectivity index is 2.15. The van der Waals surface area contributed by atoms with E-state index in [1.165, 1.54) is 0 Å². The van der Waals surface area contributed by atoms with Gasteiger partial charge >= 0.3 is 5.97 Å². The zero-order valence-electron chi connectivity index (χ0n) is 12.1. The Morgan fingerprint density at radius 1 is 1.14 bits per heavy atom. The number of phenolic OH excluding ortho intramolecular Hbond substituents is 1. The lowest BCUT2D eigenvalue weighted by atomic mass is 10.0. The molecule has 1 unspecified atom stereocenters. The van der Waals surface area contributed by atoms with Gasteiger partial charge in [-0.25, -0.2) is 0 Å². The normalized spacial score (nSPS) is 12.1. The van der Waals surface area contributed by atoms with Crippen LogP contribution in [0.25, 0.3) is 0 Å². The van der Waals surface area contributed by atoms with Crippen molar-refractivity contribution < 1.29 is 15.0 Å². The molecular weight excluding hydrogens is 266 g/mol. The Bertz CT molecular complexity index is 615. The minimum Gasteiger partial charge on any atom is -0.507 e. The van der Waals surface area contributed by atoms with Gasteiger partial charge in [-0.3, -0.25) is 10.1 Å². The van der Waals surface area contributed by atoms with Gasteiger partial charge in [-0.15, -0.1) is 0 Å². The van der Waals surface area contributed by atoms with Gasteiger partial charge in [-0.1, -0.05) is 42.5 Å². The highest BCUT2D eigenvalue weighted by atomic mass is 16.4. The van der Waals surface area contributed by atoms with Crippen LogP contribution in [0.3, 0.4) is 0 Å². The first-order valence-electron chi connectivity index (χ1n) is 6.79. The standard InChI is InChI=1S/C17H19NO3/c1-11-8-13(9-12(2)16(11)19)10-18-15(17(20)21)14-6-4-3-5-7-14/h3-9,15,18-19H,10H2,1-2H3,(H,20,21). The van der Waals surface area contributed by atoms with Crippen molar-refractivity contribution in [3.8, 4) is 5.75 Å². The first kappa shape index (κ1) is 15.1. The largest absolute Gasteiger partial charge is 0.507 e. The molecule has 110 valence electrons. The quantitative estimate of drug-likeness (QED) is 0.790. The molecule has 2 aromatic rings. The van der Waals surface area contributed by atoms with Gasteiger partial charge in [0.1, 0.15) is 11.8 Å². The van der Waals surface area contributed by atoms with Crippen molar-refractivity contribution in [1.82, 2.24) is 5.32 Å². The molecule has 0 saturated heterocycles. The van der Waals surface area contributed by atoms with Crippen LogP contribution < -0.4 is 5.32 Å². The van der Waals surface area contributed by atoms with E-state index in [4.69, 9.17) is 0 Å². The molecule has 1 atom stereocenters. The van der Waals surface area contributed by atoms with Crippen LogP contribution in [0.4, 0.5) is 0 Å². The zero-order chi connectivity index (χ0) is 15.4. The van der Waals surface area contributed by atoms with E-state index in [0.717, 1.165) is 22.3 Å². The van der Waals surface area contributed by atoms with Crippen LogP contribution in [0.1, 0.15) is 28.3 Å². The third-order valence-electron chi connectivity index (χ3n) is 3.44. The number of aliphatic carboxylic acids is 1. The maximum atomic E-state index is 11.4. The molecule has 0 aliphatic heterocycles. The maximum Gasteiger partial charge on any atom is 0.325 e. The lowest BCUT2D eigenvalue weighted by Gasteiger charge is -2.16. The van der Waals surface area contributed by atoms with Gasteiger partial charge in [0, 0.05) is 6.54 Å². The van der Waals surface area contributed by atoms with Crippen LogP contribution >= 0.6 is 0 Å². The zero-order valence-corrected chi connectivity index (χ0v) is 12.1. The summed E-state index contributed by atoms with van der Waals surface area (Å²) in [5.41, 5.74) is 3.25. The van der Waals surface area contributed by atoms with Crippen LogP contribution in [0.5, 0.6) is 5.75 Å². The van der Waals surface area contributed by atoms with Crippen molar-refractivity contribution in [3.63, 3.8) is 0 Å². The van der Waals surface area contributed by atoms with Crippen LogP contribution in [0, 0.1) is 13.8 Å². The lowest BCUT2D eigenvalue weighted by Crippen LogP contribution is -2.28. The molecule has 0 aromatic heterocycles. The first-order valence-corrected chi connectivity index (χ1v) is 6.79. The SMILES string of the molecule is Cc1cc(CNC(C(=O)O)c2ccccc2)cc(C)c1O. The average Bonchev–Trinajstić information content (AvgIpc) is 2.45. The number of carbonyl (C=O) groups is 1. The Hall–Kier alpha value is -2.33. The first-order chi connectivity index (χ1) is 9.99. The van der Waals surface area contributed by atoms with Crippen LogP contribution in [-0.2, 0) is 11.3 Å². The second-order valence-electron chi connectivity index (χ2n) is 5.14. The Morgan fingerprint density at radius 2 is 1.71 bits per heavy atom. The number of benzene rings is 2. The van der Waals surface area contributed by atoms with Crippen molar-refractivity contribution in [2.45, 2.75) is 26.4 Å². The highest BCUT2D eigenvalue weighted by Crippen LogP contribution is 2.23. The summed E-state index contributed by atoms with van der Waals surface area (Å²) in [6.07, 6.45) is 0. The summed E-state index contributed by atoms with van der Waals surface area (Å²) in [7, 11) is 0. The molecule has 0 aliphatic carbocycles. The molecule has 2 aromatic carbocycles. The number of hydrogen-bond acceptors (Lipinski definition) is 3. The van der Waals surface area contributed by atoms with Crippen LogP contribution in [0.15, 0.2) is 42.5 Å². The highest BCUT2D eigenvalue weighted by molar-refractivity contribution is 5.75. The number of aryl methyl sites for hydroxylation is 2. The fourth-order valence-corrected chi connectivity index (χ4v) is 2.36. The molecular formula is C17H19NO3. The third-order valence-corrected chi connectivity index (χ3v) is 3.44. The number of carboxylic acids is 1. The molecule has 0 saturated carbocycles. The minimum absolute atomic E-state index is 0.289. The van der Waals surface area contributed by atoms with E-state index < -0.39 is 12.0 Å². The van der Waals surface area contributed by atoms with Gasteiger partial charge in [0.05, 0.1) is 0 Å². The number of phenols is 1. The molecule has 3 N–H and O–H groups in total. The van der Waals surface area contributed by atoms with Gasteiger partial charge in [-0.05, 0) is 36.1 Å². The molecule has 21 heavy (non-hydrogen) atoms. The number of carboxylic acid groups (broad SMARTS) is 1. The van der Waals surface area contributed by atoms with Gasteiger partial charge in [0.15, 0.2) is 0 Å². The smallest absolute Gasteiger partial charge is 0.325 e. The fourth-order valence-electron chi connectivity index (χ4n) is 2.36. The lowest BCUT2D eigenvalue weighted by molar-refractivity contribution is -0.139. The molecule has 0 aliphatic rings. The van der Waals surface area contributed by atoms with Gasteiger partial charge in [0.25, 0.3) is 0 Å². The molecule has 0 heterocycles. The van der Waals surface area contributed by atoms with E-state index in [2.05, 4.69) is 5.32 Å². The Kier molecular flexibility index (Phi) is 4.60. The second kappa shape index (κ2) is 6.41. The van der Waals surface area contributed by atoms with Gasteiger partial charge in [-0.2, -0.15) is 0 Å². The molecule has 0 bridgehead atoms. The Morgan fingerprint density at radius 3 is 2.24 bits per heavy atom. The summed E-state index contributed by atoms with van der Waals surface area (Å²) in [5, 5.41) is 22.2. The van der Waals surface area contributed by atoms with Crippen LogP contribution in [-0.4, -0.2) is 16.2 Å². The summed E-state index contributed by atoms with van der Waals surface area (Å²) in [4.78, 5) is 11.4. The minimum atomic E-state index is -0.909. The molecule has 0 spiro atoms. The third kappa shape index (κ3) is 3.61. The summed E-state index contributed by atoms with van der Waals surface area (Å²) in [6.45, 7) is 4.09. The number of aromatic hydroxyl groups is 1. The van der Waals surface area contributed by atoms with Crippen molar-refractivity contribution in [1.29, 1.82) is 0 Å².